The van der Waals surface area contributed by atoms with Crippen LogP contribution < -0.4 is 4.74 Å². The van der Waals surface area contributed by atoms with Crippen LogP contribution in [0.15, 0.2) is 24.3 Å². The average molecular weight is 296 g/mol. The Morgan fingerprint density at radius 1 is 1.45 bits per heavy atom. The van der Waals surface area contributed by atoms with Gasteiger partial charge in [0.1, 0.15) is 18.1 Å². The summed E-state index contributed by atoms with van der Waals surface area (Å²) in [5, 5.41) is 9.41. The average Bonchev–Trinajstić information content (AvgIpc) is 2.48. The molecule has 0 aromatic heterocycles. The molecule has 0 radical (unpaired) electrons. The highest BCUT2D eigenvalue weighted by Gasteiger charge is 2.31. The first-order chi connectivity index (χ1) is 9.70. The molecule has 0 bridgehead atoms. The number of esters is 1. The number of ether oxygens (including phenoxy) is 2. The summed E-state index contributed by atoms with van der Waals surface area (Å²) in [7, 11) is 1.42. The van der Waals surface area contributed by atoms with E-state index in [0.29, 0.717) is 18.3 Å². The highest BCUT2D eigenvalue weighted by Crippen LogP contribution is 2.30. The quantitative estimate of drug-likeness (QED) is 0.847. The molecule has 1 aromatic rings. The van der Waals surface area contributed by atoms with Crippen LogP contribution in [0.1, 0.15) is 12.8 Å². The summed E-state index contributed by atoms with van der Waals surface area (Å²) in [6, 6.07) is 6.62. The Kier molecular flexibility index (Phi) is 5.59. The molecule has 1 saturated heterocycles. The van der Waals surface area contributed by atoms with E-state index in [-0.39, 0.29) is 17.6 Å². The third kappa shape index (κ3) is 4.07. The van der Waals surface area contributed by atoms with Crippen LogP contribution in [-0.4, -0.2) is 36.3 Å². The van der Waals surface area contributed by atoms with Gasteiger partial charge in [0.05, 0.1) is 13.0 Å². The van der Waals surface area contributed by atoms with Crippen LogP contribution in [0, 0.1) is 11.8 Å². The number of thioether (sulfide) groups is 1. The van der Waals surface area contributed by atoms with E-state index < -0.39 is 0 Å². The SMILES string of the molecule is COC(=O)C(COc1cccc(O)c1)C1CCSCC1. The molecule has 1 aliphatic rings. The molecular formula is C15H20O4S. The number of aromatic hydroxyl groups is 1. The highest BCUT2D eigenvalue weighted by atomic mass is 32.2. The molecule has 1 N–H and O–H groups in total. The Bertz CT molecular complexity index is 443. The molecule has 0 saturated carbocycles. The highest BCUT2D eigenvalue weighted by molar-refractivity contribution is 7.99. The molecule has 1 aliphatic heterocycles. The van der Waals surface area contributed by atoms with Gasteiger partial charge in [-0.25, -0.2) is 0 Å². The summed E-state index contributed by atoms with van der Waals surface area (Å²) in [6.07, 6.45) is 2.04. The topological polar surface area (TPSA) is 55.8 Å². The summed E-state index contributed by atoms with van der Waals surface area (Å²) in [5.74, 6) is 2.79. The number of hydrogen-bond donors (Lipinski definition) is 1. The zero-order chi connectivity index (χ0) is 14.4. The lowest BCUT2D eigenvalue weighted by atomic mass is 9.88. The van der Waals surface area contributed by atoms with Gasteiger partial charge in [-0.2, -0.15) is 11.8 Å². The first kappa shape index (κ1) is 15.0. The van der Waals surface area contributed by atoms with E-state index in [1.165, 1.54) is 7.11 Å². The Morgan fingerprint density at radius 2 is 2.20 bits per heavy atom. The van der Waals surface area contributed by atoms with Gasteiger partial charge >= 0.3 is 5.97 Å². The molecule has 110 valence electrons. The van der Waals surface area contributed by atoms with E-state index in [1.807, 2.05) is 11.8 Å². The second kappa shape index (κ2) is 7.43. The van der Waals surface area contributed by atoms with Gasteiger partial charge in [-0.05, 0) is 42.4 Å². The van der Waals surface area contributed by atoms with Gasteiger partial charge < -0.3 is 14.6 Å². The fraction of sp³-hybridized carbons (Fsp3) is 0.533. The molecule has 1 aromatic carbocycles. The maximum Gasteiger partial charge on any atom is 0.312 e. The number of hydrogen-bond acceptors (Lipinski definition) is 5. The largest absolute Gasteiger partial charge is 0.508 e. The van der Waals surface area contributed by atoms with Crippen LogP contribution in [0.5, 0.6) is 11.5 Å². The zero-order valence-corrected chi connectivity index (χ0v) is 12.4. The number of carbonyl (C=O) groups is 1. The molecular weight excluding hydrogens is 276 g/mol. The van der Waals surface area contributed by atoms with Gasteiger partial charge in [0.15, 0.2) is 0 Å². The second-order valence-electron chi connectivity index (χ2n) is 4.89. The number of methoxy groups -OCH3 is 1. The van der Waals surface area contributed by atoms with Crippen molar-refractivity contribution in [2.45, 2.75) is 12.8 Å². The van der Waals surface area contributed by atoms with Crippen molar-refractivity contribution in [3.8, 4) is 11.5 Å². The monoisotopic (exact) mass is 296 g/mol. The van der Waals surface area contributed by atoms with Crippen molar-refractivity contribution in [3.63, 3.8) is 0 Å². The summed E-state index contributed by atoms with van der Waals surface area (Å²) in [6.45, 7) is 0.297. The van der Waals surface area contributed by atoms with E-state index in [2.05, 4.69) is 0 Å². The number of rotatable bonds is 5. The zero-order valence-electron chi connectivity index (χ0n) is 11.6. The first-order valence-corrected chi connectivity index (χ1v) is 7.93. The maximum atomic E-state index is 11.9. The smallest absolute Gasteiger partial charge is 0.312 e. The predicted octanol–water partition coefficient (Wildman–Crippen LogP) is 2.70. The van der Waals surface area contributed by atoms with Crippen molar-refractivity contribution in [1.29, 1.82) is 0 Å². The molecule has 4 nitrogen and oxygen atoms in total. The van der Waals surface area contributed by atoms with Crippen molar-refractivity contribution in [3.05, 3.63) is 24.3 Å². The van der Waals surface area contributed by atoms with Gasteiger partial charge in [0, 0.05) is 6.07 Å². The Balaban J connectivity index is 1.98. The maximum absolute atomic E-state index is 11.9. The molecule has 5 heteroatoms. The van der Waals surface area contributed by atoms with Crippen molar-refractivity contribution < 1.29 is 19.4 Å². The van der Waals surface area contributed by atoms with E-state index in [9.17, 15) is 9.90 Å². The summed E-state index contributed by atoms with van der Waals surface area (Å²) < 4.78 is 10.6. The standard InChI is InChI=1S/C15H20O4S/c1-18-15(17)14(11-5-7-20-8-6-11)10-19-13-4-2-3-12(16)9-13/h2-4,9,11,14,16H,5-8,10H2,1H3. The first-order valence-electron chi connectivity index (χ1n) is 6.78. The van der Waals surface area contributed by atoms with E-state index in [0.717, 1.165) is 24.3 Å². The minimum atomic E-state index is -0.233. The van der Waals surface area contributed by atoms with Gasteiger partial charge in [-0.15, -0.1) is 0 Å². The number of carbonyl (C=O) groups excluding carboxylic acids is 1. The summed E-state index contributed by atoms with van der Waals surface area (Å²) in [4.78, 5) is 11.9. The van der Waals surface area contributed by atoms with Crippen LogP contribution >= 0.6 is 11.8 Å². The van der Waals surface area contributed by atoms with Crippen molar-refractivity contribution in [2.75, 3.05) is 25.2 Å². The van der Waals surface area contributed by atoms with Crippen LogP contribution in [0.4, 0.5) is 0 Å². The molecule has 1 fully saturated rings. The van der Waals surface area contributed by atoms with Crippen LogP contribution in [0.25, 0.3) is 0 Å². The Labute approximate surface area is 123 Å². The van der Waals surface area contributed by atoms with E-state index in [4.69, 9.17) is 9.47 Å². The molecule has 0 amide bonds. The molecule has 20 heavy (non-hydrogen) atoms. The van der Waals surface area contributed by atoms with Gasteiger partial charge in [0.25, 0.3) is 0 Å². The van der Waals surface area contributed by atoms with Crippen molar-refractivity contribution >= 4 is 17.7 Å². The normalized spacial score (nSPS) is 17.4. The van der Waals surface area contributed by atoms with Crippen molar-refractivity contribution in [2.24, 2.45) is 11.8 Å². The van der Waals surface area contributed by atoms with E-state index in [1.54, 1.807) is 24.3 Å². The third-order valence-electron chi connectivity index (χ3n) is 3.59. The minimum absolute atomic E-state index is 0.159. The number of phenolic OH excluding ortho intramolecular Hbond substituents is 1. The second-order valence-corrected chi connectivity index (χ2v) is 6.11. The fourth-order valence-corrected chi connectivity index (χ4v) is 3.57. The van der Waals surface area contributed by atoms with Crippen LogP contribution in [0.2, 0.25) is 0 Å². The van der Waals surface area contributed by atoms with Gasteiger partial charge in [0.2, 0.25) is 0 Å². The summed E-state index contributed by atoms with van der Waals surface area (Å²) in [5.41, 5.74) is 0. The summed E-state index contributed by atoms with van der Waals surface area (Å²) >= 11 is 1.93. The van der Waals surface area contributed by atoms with Gasteiger partial charge in [-0.3, -0.25) is 4.79 Å². The molecule has 1 unspecified atom stereocenters. The number of phenols is 1. The fourth-order valence-electron chi connectivity index (χ4n) is 2.43. The van der Waals surface area contributed by atoms with Crippen molar-refractivity contribution in [1.82, 2.24) is 0 Å². The Morgan fingerprint density at radius 3 is 2.85 bits per heavy atom. The third-order valence-corrected chi connectivity index (χ3v) is 4.63. The molecule has 1 heterocycles. The number of benzene rings is 1. The lowest BCUT2D eigenvalue weighted by molar-refractivity contribution is -0.148. The predicted molar refractivity (Wildman–Crippen MR) is 79.2 cm³/mol. The molecule has 2 rings (SSSR count). The minimum Gasteiger partial charge on any atom is -0.508 e. The lowest BCUT2D eigenvalue weighted by Gasteiger charge is -2.28. The molecule has 1 atom stereocenters. The van der Waals surface area contributed by atoms with Gasteiger partial charge in [-0.1, -0.05) is 6.07 Å². The lowest BCUT2D eigenvalue weighted by Crippen LogP contribution is -2.32. The van der Waals surface area contributed by atoms with Crippen LogP contribution in [0.3, 0.4) is 0 Å². The molecule has 0 aliphatic carbocycles. The molecule has 0 spiro atoms. The van der Waals surface area contributed by atoms with E-state index >= 15 is 0 Å². The van der Waals surface area contributed by atoms with Crippen LogP contribution in [-0.2, 0) is 9.53 Å². The Hall–Kier alpha value is -1.36.